The van der Waals surface area contributed by atoms with Crippen molar-refractivity contribution in [3.8, 4) is 0 Å². The van der Waals surface area contributed by atoms with Crippen LogP contribution in [0.25, 0.3) is 0 Å². The van der Waals surface area contributed by atoms with Crippen molar-refractivity contribution in [1.82, 2.24) is 15.1 Å². The van der Waals surface area contributed by atoms with Crippen molar-refractivity contribution >= 4 is 0 Å². The summed E-state index contributed by atoms with van der Waals surface area (Å²) in [6.45, 7) is 10.8. The quantitative estimate of drug-likeness (QED) is 0.751. The standard InChI is InChI=1S/C13H25N3/c1-5-16-11-12(10-15-16)8-6-7-9-14-13(2,3)4/h10-11,14H,5-9H2,1-4H3. The Balaban J connectivity index is 2.11. The van der Waals surface area contributed by atoms with Gasteiger partial charge in [-0.25, -0.2) is 0 Å². The van der Waals surface area contributed by atoms with Gasteiger partial charge in [-0.2, -0.15) is 5.10 Å². The maximum Gasteiger partial charge on any atom is 0.0521 e. The van der Waals surface area contributed by atoms with Crippen molar-refractivity contribution in [2.45, 2.75) is 59.0 Å². The molecule has 0 saturated carbocycles. The highest BCUT2D eigenvalue weighted by Gasteiger charge is 2.07. The molecule has 0 radical (unpaired) electrons. The average molecular weight is 223 g/mol. The van der Waals surface area contributed by atoms with Crippen LogP contribution < -0.4 is 5.32 Å². The number of aryl methyl sites for hydroxylation is 2. The van der Waals surface area contributed by atoms with Crippen molar-refractivity contribution in [3.05, 3.63) is 18.0 Å². The number of nitrogens with one attached hydrogen (secondary N) is 1. The summed E-state index contributed by atoms with van der Waals surface area (Å²) in [4.78, 5) is 0. The number of hydrogen-bond donors (Lipinski definition) is 1. The maximum atomic E-state index is 4.27. The van der Waals surface area contributed by atoms with Crippen LogP contribution in [0.4, 0.5) is 0 Å². The molecule has 0 aliphatic heterocycles. The molecule has 0 unspecified atom stereocenters. The zero-order chi connectivity index (χ0) is 12.0. The smallest absolute Gasteiger partial charge is 0.0521 e. The minimum Gasteiger partial charge on any atom is -0.312 e. The van der Waals surface area contributed by atoms with Crippen LogP contribution in [0.1, 0.15) is 46.1 Å². The van der Waals surface area contributed by atoms with E-state index >= 15 is 0 Å². The molecule has 0 saturated heterocycles. The summed E-state index contributed by atoms with van der Waals surface area (Å²) < 4.78 is 1.99. The van der Waals surface area contributed by atoms with Crippen molar-refractivity contribution < 1.29 is 0 Å². The van der Waals surface area contributed by atoms with Crippen molar-refractivity contribution in [2.75, 3.05) is 6.54 Å². The third-order valence-electron chi connectivity index (χ3n) is 2.56. The topological polar surface area (TPSA) is 29.9 Å². The van der Waals surface area contributed by atoms with Gasteiger partial charge in [-0.05, 0) is 59.1 Å². The molecule has 0 amide bonds. The predicted molar refractivity (Wildman–Crippen MR) is 68.6 cm³/mol. The second kappa shape index (κ2) is 6.04. The Bertz CT molecular complexity index is 296. The summed E-state index contributed by atoms with van der Waals surface area (Å²) in [5, 5.41) is 7.78. The molecule has 0 spiro atoms. The summed E-state index contributed by atoms with van der Waals surface area (Å²) in [5.74, 6) is 0. The van der Waals surface area contributed by atoms with Gasteiger partial charge in [0.25, 0.3) is 0 Å². The van der Waals surface area contributed by atoms with Gasteiger partial charge in [-0.15, -0.1) is 0 Å². The Kier molecular flexibility index (Phi) is 5.00. The van der Waals surface area contributed by atoms with Crippen LogP contribution in [0, 0.1) is 0 Å². The van der Waals surface area contributed by atoms with E-state index in [2.05, 4.69) is 44.3 Å². The van der Waals surface area contributed by atoms with Gasteiger partial charge in [0, 0.05) is 18.3 Å². The molecule has 92 valence electrons. The zero-order valence-corrected chi connectivity index (χ0v) is 11.1. The van der Waals surface area contributed by atoms with Gasteiger partial charge < -0.3 is 5.32 Å². The lowest BCUT2D eigenvalue weighted by atomic mass is 10.1. The van der Waals surface area contributed by atoms with Gasteiger partial charge in [0.15, 0.2) is 0 Å². The molecular formula is C13H25N3. The van der Waals surface area contributed by atoms with E-state index in [1.807, 2.05) is 10.9 Å². The molecule has 0 atom stereocenters. The lowest BCUT2D eigenvalue weighted by Gasteiger charge is -2.20. The van der Waals surface area contributed by atoms with E-state index in [1.54, 1.807) is 0 Å². The second-order valence-electron chi connectivity index (χ2n) is 5.34. The number of nitrogens with zero attached hydrogens (tertiary/aromatic N) is 2. The van der Waals surface area contributed by atoms with Gasteiger partial charge in [-0.3, -0.25) is 4.68 Å². The minimum atomic E-state index is 0.243. The predicted octanol–water partition coefficient (Wildman–Crippen LogP) is 2.61. The molecule has 0 aliphatic rings. The molecule has 3 nitrogen and oxygen atoms in total. The summed E-state index contributed by atoms with van der Waals surface area (Å²) in [6, 6.07) is 0. The largest absolute Gasteiger partial charge is 0.312 e. The molecule has 16 heavy (non-hydrogen) atoms. The molecule has 1 rings (SSSR count). The highest BCUT2D eigenvalue weighted by Crippen LogP contribution is 2.05. The van der Waals surface area contributed by atoms with E-state index < -0.39 is 0 Å². The van der Waals surface area contributed by atoms with E-state index in [4.69, 9.17) is 0 Å². The van der Waals surface area contributed by atoms with Gasteiger partial charge >= 0.3 is 0 Å². The van der Waals surface area contributed by atoms with Gasteiger partial charge in [0.2, 0.25) is 0 Å². The SMILES string of the molecule is CCn1cc(CCCCNC(C)(C)C)cn1. The van der Waals surface area contributed by atoms with E-state index in [0.717, 1.165) is 19.5 Å². The molecule has 1 aromatic heterocycles. The van der Waals surface area contributed by atoms with Crippen LogP contribution >= 0.6 is 0 Å². The van der Waals surface area contributed by atoms with Crippen molar-refractivity contribution in [2.24, 2.45) is 0 Å². The second-order valence-corrected chi connectivity index (χ2v) is 5.34. The van der Waals surface area contributed by atoms with E-state index in [0.29, 0.717) is 0 Å². The molecule has 0 aromatic carbocycles. The van der Waals surface area contributed by atoms with Crippen LogP contribution in [-0.4, -0.2) is 21.9 Å². The fourth-order valence-electron chi connectivity index (χ4n) is 1.63. The molecule has 1 N–H and O–H groups in total. The first-order valence-corrected chi connectivity index (χ1v) is 6.27. The molecule has 0 fully saturated rings. The minimum absolute atomic E-state index is 0.243. The van der Waals surface area contributed by atoms with Crippen LogP contribution in [0.5, 0.6) is 0 Å². The van der Waals surface area contributed by atoms with Gasteiger partial charge in [0.1, 0.15) is 0 Å². The van der Waals surface area contributed by atoms with Gasteiger partial charge in [0.05, 0.1) is 6.20 Å². The maximum absolute atomic E-state index is 4.27. The first-order chi connectivity index (χ1) is 7.51. The van der Waals surface area contributed by atoms with E-state index in [9.17, 15) is 0 Å². The van der Waals surface area contributed by atoms with Crippen molar-refractivity contribution in [3.63, 3.8) is 0 Å². The normalized spacial score (nSPS) is 12.0. The monoisotopic (exact) mass is 223 g/mol. The number of rotatable bonds is 6. The summed E-state index contributed by atoms with van der Waals surface area (Å²) in [5.41, 5.74) is 1.60. The number of unbranched alkanes of at least 4 members (excludes halogenated alkanes) is 1. The molecular weight excluding hydrogens is 198 g/mol. The highest BCUT2D eigenvalue weighted by atomic mass is 15.3. The summed E-state index contributed by atoms with van der Waals surface area (Å²) >= 11 is 0. The fraction of sp³-hybridized carbons (Fsp3) is 0.769. The van der Waals surface area contributed by atoms with E-state index in [1.165, 1.54) is 18.4 Å². The Morgan fingerprint density at radius 3 is 2.62 bits per heavy atom. The Labute approximate surface area is 99.2 Å². The highest BCUT2D eigenvalue weighted by molar-refractivity contribution is 5.03. The molecule has 3 heteroatoms. The van der Waals surface area contributed by atoms with Crippen LogP contribution in [0.2, 0.25) is 0 Å². The van der Waals surface area contributed by atoms with Gasteiger partial charge in [-0.1, -0.05) is 0 Å². The lowest BCUT2D eigenvalue weighted by molar-refractivity contribution is 0.419. The first-order valence-electron chi connectivity index (χ1n) is 6.27. The average Bonchev–Trinajstić information content (AvgIpc) is 2.63. The van der Waals surface area contributed by atoms with Crippen LogP contribution in [-0.2, 0) is 13.0 Å². The fourth-order valence-corrected chi connectivity index (χ4v) is 1.63. The summed E-state index contributed by atoms with van der Waals surface area (Å²) in [6.07, 6.45) is 7.75. The Hall–Kier alpha value is -0.830. The Morgan fingerprint density at radius 1 is 1.31 bits per heavy atom. The van der Waals surface area contributed by atoms with Crippen molar-refractivity contribution in [1.29, 1.82) is 0 Å². The lowest BCUT2D eigenvalue weighted by Crippen LogP contribution is -2.36. The first kappa shape index (κ1) is 13.2. The number of aromatic nitrogens is 2. The molecule has 1 aromatic rings. The van der Waals surface area contributed by atoms with Crippen LogP contribution in [0.15, 0.2) is 12.4 Å². The third kappa shape index (κ3) is 5.31. The molecule has 1 heterocycles. The number of hydrogen-bond acceptors (Lipinski definition) is 2. The van der Waals surface area contributed by atoms with Crippen LogP contribution in [0.3, 0.4) is 0 Å². The zero-order valence-electron chi connectivity index (χ0n) is 11.1. The Morgan fingerprint density at radius 2 is 2.06 bits per heavy atom. The summed E-state index contributed by atoms with van der Waals surface area (Å²) in [7, 11) is 0. The molecule has 0 bridgehead atoms. The molecule has 0 aliphatic carbocycles. The third-order valence-corrected chi connectivity index (χ3v) is 2.56. The van der Waals surface area contributed by atoms with E-state index in [-0.39, 0.29) is 5.54 Å².